The van der Waals surface area contributed by atoms with Crippen molar-refractivity contribution in [3.8, 4) is 0 Å². The van der Waals surface area contributed by atoms with Crippen LogP contribution in [0.5, 0.6) is 0 Å². The number of aromatic nitrogens is 1. The highest BCUT2D eigenvalue weighted by Gasteiger charge is 2.37. The maximum absolute atomic E-state index is 12.2. The van der Waals surface area contributed by atoms with E-state index in [0.717, 1.165) is 5.01 Å². The molecule has 0 bridgehead atoms. The molecule has 0 unspecified atom stereocenters. The van der Waals surface area contributed by atoms with Crippen molar-refractivity contribution >= 4 is 35.1 Å². The summed E-state index contributed by atoms with van der Waals surface area (Å²) in [7, 11) is 0. The highest BCUT2D eigenvalue weighted by molar-refractivity contribution is 7.99. The first-order valence-corrected chi connectivity index (χ1v) is 7.74. The third-order valence-electron chi connectivity index (χ3n) is 2.81. The lowest BCUT2D eigenvalue weighted by molar-refractivity contribution is -0.140. The van der Waals surface area contributed by atoms with Crippen LogP contribution in [0.25, 0.3) is 0 Å². The lowest BCUT2D eigenvalue weighted by Gasteiger charge is -2.28. The molecule has 2 amide bonds. The Kier molecular flexibility index (Phi) is 4.00. The first-order valence-electron chi connectivity index (χ1n) is 5.71. The van der Waals surface area contributed by atoms with Crippen LogP contribution in [0.3, 0.4) is 0 Å². The molecule has 1 saturated heterocycles. The zero-order chi connectivity index (χ0) is 14.0. The highest BCUT2D eigenvalue weighted by Crippen LogP contribution is 2.25. The van der Waals surface area contributed by atoms with Gasteiger partial charge in [-0.1, -0.05) is 0 Å². The van der Waals surface area contributed by atoms with Crippen LogP contribution in [-0.4, -0.2) is 44.7 Å². The molecule has 1 aliphatic rings. The van der Waals surface area contributed by atoms with Gasteiger partial charge in [0.15, 0.2) is 0 Å². The summed E-state index contributed by atoms with van der Waals surface area (Å²) < 4.78 is 0. The van der Waals surface area contributed by atoms with Gasteiger partial charge in [0.1, 0.15) is 11.0 Å². The summed E-state index contributed by atoms with van der Waals surface area (Å²) in [4.78, 5) is 28.8. The van der Waals surface area contributed by atoms with Crippen LogP contribution < -0.4 is 5.32 Å². The molecule has 0 saturated carbocycles. The average Bonchev–Trinajstić information content (AvgIpc) is 3.00. The highest BCUT2D eigenvalue weighted by atomic mass is 32.2. The average molecular weight is 301 g/mol. The number of carboxylic acids is 1. The Balaban J connectivity index is 2.07. The predicted molar refractivity (Wildman–Crippen MR) is 74.3 cm³/mol. The van der Waals surface area contributed by atoms with Crippen molar-refractivity contribution in [3.05, 3.63) is 16.6 Å². The number of carbonyl (C=O) groups is 2. The van der Waals surface area contributed by atoms with Crippen LogP contribution in [0.2, 0.25) is 0 Å². The SMILES string of the molecule is CC(C)(NC(=O)N1CSC[C@H]1C(=O)O)c1nccs1. The van der Waals surface area contributed by atoms with Crippen LogP contribution in [0.4, 0.5) is 4.79 Å². The lowest BCUT2D eigenvalue weighted by atomic mass is 10.1. The van der Waals surface area contributed by atoms with E-state index in [1.54, 1.807) is 6.20 Å². The van der Waals surface area contributed by atoms with Gasteiger partial charge in [-0.2, -0.15) is 0 Å². The fourth-order valence-electron chi connectivity index (χ4n) is 1.77. The number of amides is 2. The summed E-state index contributed by atoms with van der Waals surface area (Å²) >= 11 is 2.90. The third-order valence-corrected chi connectivity index (χ3v) is 4.92. The van der Waals surface area contributed by atoms with E-state index >= 15 is 0 Å². The molecule has 0 aliphatic carbocycles. The maximum Gasteiger partial charge on any atom is 0.327 e. The van der Waals surface area contributed by atoms with Gasteiger partial charge >= 0.3 is 12.0 Å². The normalized spacial score (nSPS) is 19.5. The molecule has 0 spiro atoms. The number of hydrogen-bond donors (Lipinski definition) is 2. The summed E-state index contributed by atoms with van der Waals surface area (Å²) in [5.41, 5.74) is -0.610. The van der Waals surface area contributed by atoms with Crippen molar-refractivity contribution in [2.24, 2.45) is 0 Å². The van der Waals surface area contributed by atoms with E-state index in [1.807, 2.05) is 19.2 Å². The molecule has 2 heterocycles. The molecule has 1 fully saturated rings. The minimum Gasteiger partial charge on any atom is -0.480 e. The Morgan fingerprint density at radius 1 is 1.58 bits per heavy atom. The minimum absolute atomic E-state index is 0.363. The first-order chi connectivity index (χ1) is 8.92. The Hall–Kier alpha value is -1.28. The number of aliphatic carboxylic acids is 1. The van der Waals surface area contributed by atoms with Crippen LogP contribution in [0.1, 0.15) is 18.9 Å². The van der Waals surface area contributed by atoms with E-state index in [2.05, 4.69) is 10.3 Å². The molecule has 19 heavy (non-hydrogen) atoms. The molecular formula is C11H15N3O3S2. The smallest absolute Gasteiger partial charge is 0.327 e. The van der Waals surface area contributed by atoms with E-state index in [9.17, 15) is 9.59 Å². The second-order valence-corrected chi connectivity index (χ2v) is 6.61. The molecule has 1 aromatic heterocycles. The van der Waals surface area contributed by atoms with Gasteiger partial charge < -0.3 is 15.3 Å². The van der Waals surface area contributed by atoms with Crippen LogP contribution in [0, 0.1) is 0 Å². The molecule has 1 aliphatic heterocycles. The van der Waals surface area contributed by atoms with E-state index in [1.165, 1.54) is 28.0 Å². The monoisotopic (exact) mass is 301 g/mol. The predicted octanol–water partition coefficient (Wildman–Crippen LogP) is 1.55. The van der Waals surface area contributed by atoms with Gasteiger partial charge in [-0.15, -0.1) is 23.1 Å². The Morgan fingerprint density at radius 2 is 2.32 bits per heavy atom. The second kappa shape index (κ2) is 5.38. The summed E-state index contributed by atoms with van der Waals surface area (Å²) in [6.45, 7) is 3.70. The van der Waals surface area contributed by atoms with Crippen molar-refractivity contribution in [2.75, 3.05) is 11.6 Å². The van der Waals surface area contributed by atoms with Crippen molar-refractivity contribution < 1.29 is 14.7 Å². The molecule has 104 valence electrons. The summed E-state index contributed by atoms with van der Waals surface area (Å²) in [5, 5.41) is 14.5. The van der Waals surface area contributed by atoms with Gasteiger partial charge in [-0.05, 0) is 13.8 Å². The zero-order valence-corrected chi connectivity index (χ0v) is 12.3. The van der Waals surface area contributed by atoms with Gasteiger partial charge in [-0.3, -0.25) is 0 Å². The topological polar surface area (TPSA) is 82.5 Å². The molecular weight excluding hydrogens is 286 g/mol. The fraction of sp³-hybridized carbons (Fsp3) is 0.545. The number of urea groups is 1. The summed E-state index contributed by atoms with van der Waals surface area (Å²) in [5.74, 6) is -0.135. The van der Waals surface area contributed by atoms with Gasteiger partial charge in [0, 0.05) is 17.3 Å². The molecule has 6 nitrogen and oxygen atoms in total. The first kappa shape index (κ1) is 14.1. The van der Waals surface area contributed by atoms with Gasteiger partial charge in [0.2, 0.25) is 0 Å². The van der Waals surface area contributed by atoms with Crippen LogP contribution in [0.15, 0.2) is 11.6 Å². The van der Waals surface area contributed by atoms with E-state index < -0.39 is 17.6 Å². The molecule has 2 N–H and O–H groups in total. The molecule has 1 atom stereocenters. The molecule has 8 heteroatoms. The van der Waals surface area contributed by atoms with Crippen molar-refractivity contribution in [1.82, 2.24) is 15.2 Å². The van der Waals surface area contributed by atoms with Gasteiger partial charge in [0.05, 0.1) is 11.4 Å². The standard InChI is InChI=1S/C11H15N3O3S2/c1-11(2,9-12-3-4-19-9)13-10(17)14-6-18-5-7(14)8(15)16/h3-4,7H,5-6H2,1-2H3,(H,13,17)(H,15,16)/t7-/m0/s1. The summed E-state index contributed by atoms with van der Waals surface area (Å²) in [6, 6.07) is -1.12. The third kappa shape index (κ3) is 3.01. The number of hydrogen-bond acceptors (Lipinski definition) is 5. The lowest BCUT2D eigenvalue weighted by Crippen LogP contribution is -2.52. The van der Waals surface area contributed by atoms with E-state index in [0.29, 0.717) is 11.6 Å². The molecule has 0 aromatic carbocycles. The fourth-order valence-corrected chi connectivity index (χ4v) is 3.64. The van der Waals surface area contributed by atoms with Crippen LogP contribution in [-0.2, 0) is 10.3 Å². The number of nitrogens with zero attached hydrogens (tertiary/aromatic N) is 2. The number of thiazole rings is 1. The summed E-state index contributed by atoms with van der Waals surface area (Å²) in [6.07, 6.45) is 1.68. The van der Waals surface area contributed by atoms with Gasteiger partial charge in [-0.25, -0.2) is 14.6 Å². The maximum atomic E-state index is 12.2. The van der Waals surface area contributed by atoms with Gasteiger partial charge in [0.25, 0.3) is 0 Å². The number of nitrogens with one attached hydrogen (secondary N) is 1. The number of rotatable bonds is 3. The number of carbonyl (C=O) groups excluding carboxylic acids is 1. The Bertz CT molecular complexity index is 476. The largest absolute Gasteiger partial charge is 0.480 e. The Morgan fingerprint density at radius 3 is 2.89 bits per heavy atom. The quantitative estimate of drug-likeness (QED) is 0.885. The van der Waals surface area contributed by atoms with Crippen molar-refractivity contribution in [3.63, 3.8) is 0 Å². The van der Waals surface area contributed by atoms with Crippen molar-refractivity contribution in [1.29, 1.82) is 0 Å². The molecule has 1 aromatic rings. The second-order valence-electron chi connectivity index (χ2n) is 4.72. The van der Waals surface area contributed by atoms with Crippen molar-refractivity contribution in [2.45, 2.75) is 25.4 Å². The minimum atomic E-state index is -0.966. The van der Waals surface area contributed by atoms with Crippen LogP contribution >= 0.6 is 23.1 Å². The molecule has 0 radical (unpaired) electrons. The number of carboxylic acid groups (broad SMARTS) is 1. The molecule has 2 rings (SSSR count). The number of thioether (sulfide) groups is 1. The zero-order valence-electron chi connectivity index (χ0n) is 10.6. The Labute approximate surface area is 119 Å². The van der Waals surface area contributed by atoms with E-state index in [4.69, 9.17) is 5.11 Å². The van der Waals surface area contributed by atoms with E-state index in [-0.39, 0.29) is 6.03 Å².